The Morgan fingerprint density at radius 1 is 1.03 bits per heavy atom. The first-order valence-electron chi connectivity index (χ1n) is 12.4. The van der Waals surface area contributed by atoms with Gasteiger partial charge in [0.25, 0.3) is 5.56 Å². The molecule has 35 heavy (non-hydrogen) atoms. The van der Waals surface area contributed by atoms with Gasteiger partial charge in [-0.1, -0.05) is 55.4 Å². The van der Waals surface area contributed by atoms with Gasteiger partial charge in [-0.25, -0.2) is 4.79 Å². The fourth-order valence-electron chi connectivity index (χ4n) is 5.29. The van der Waals surface area contributed by atoms with Crippen molar-refractivity contribution in [1.82, 2.24) is 9.55 Å². The molecule has 0 bridgehead atoms. The molecule has 4 atom stereocenters. The molecule has 0 amide bonds. The molecule has 1 aromatic rings. The van der Waals surface area contributed by atoms with Crippen LogP contribution < -0.4 is 11.2 Å². The molecular formula is C23H40N2O8Si2. The van der Waals surface area contributed by atoms with Crippen molar-refractivity contribution >= 4 is 23.1 Å². The minimum atomic E-state index is -2.99. The topological polar surface area (TPSA) is 118 Å². The van der Waals surface area contributed by atoms with Gasteiger partial charge in [-0.3, -0.25) is 19.1 Å². The Kier molecular flexibility index (Phi) is 8.34. The molecule has 0 saturated carbocycles. The van der Waals surface area contributed by atoms with Gasteiger partial charge in [0.1, 0.15) is 12.2 Å². The Morgan fingerprint density at radius 3 is 2.09 bits per heavy atom. The maximum Gasteiger partial charge on any atom is 0.335 e. The fourth-order valence-corrected chi connectivity index (χ4v) is 16.5. The van der Waals surface area contributed by atoms with Crippen molar-refractivity contribution in [2.45, 2.75) is 109 Å². The molecule has 2 fully saturated rings. The summed E-state index contributed by atoms with van der Waals surface area (Å²) in [5.41, 5.74) is -0.715. The summed E-state index contributed by atoms with van der Waals surface area (Å²) in [5.74, 6) is -0.524. The van der Waals surface area contributed by atoms with Gasteiger partial charge in [0, 0.05) is 19.2 Å². The Morgan fingerprint density at radius 2 is 1.60 bits per heavy atom. The molecule has 2 saturated heterocycles. The monoisotopic (exact) mass is 528 g/mol. The van der Waals surface area contributed by atoms with Crippen LogP contribution in [0.5, 0.6) is 0 Å². The second kappa shape index (κ2) is 10.4. The maximum atomic E-state index is 12.6. The van der Waals surface area contributed by atoms with Gasteiger partial charge in [-0.05, 0) is 22.2 Å². The zero-order valence-corrected chi connectivity index (χ0v) is 24.2. The molecule has 0 aromatic carbocycles. The Hall–Kier alpha value is -1.58. The summed E-state index contributed by atoms with van der Waals surface area (Å²) in [6.45, 7) is 18.4. The van der Waals surface area contributed by atoms with E-state index in [4.69, 9.17) is 22.4 Å². The van der Waals surface area contributed by atoms with Crippen LogP contribution in [0.4, 0.5) is 0 Å². The van der Waals surface area contributed by atoms with Crippen LogP contribution in [0.2, 0.25) is 22.2 Å². The predicted molar refractivity (Wildman–Crippen MR) is 135 cm³/mol. The van der Waals surface area contributed by atoms with Crippen molar-refractivity contribution < 1.29 is 27.2 Å². The van der Waals surface area contributed by atoms with Crippen LogP contribution in [0.15, 0.2) is 21.9 Å². The number of nitrogens with one attached hydrogen (secondary N) is 1. The predicted octanol–water partition coefficient (Wildman–Crippen LogP) is 3.32. The molecule has 0 aliphatic carbocycles. The summed E-state index contributed by atoms with van der Waals surface area (Å²) in [6.07, 6.45) is -1.87. The van der Waals surface area contributed by atoms with Gasteiger partial charge in [-0.15, -0.1) is 0 Å². The molecule has 2 aliphatic heterocycles. The summed E-state index contributed by atoms with van der Waals surface area (Å²) in [5, 5.41) is 0. The highest BCUT2D eigenvalue weighted by Gasteiger charge is 2.62. The molecule has 3 heterocycles. The lowest BCUT2D eigenvalue weighted by Gasteiger charge is -2.51. The van der Waals surface area contributed by atoms with E-state index < -0.39 is 58.9 Å². The van der Waals surface area contributed by atoms with Crippen LogP contribution in [0, 0.1) is 0 Å². The van der Waals surface area contributed by atoms with Crippen molar-refractivity contribution in [3.8, 4) is 0 Å². The fraction of sp³-hybridized carbons (Fsp3) is 0.783. The summed E-state index contributed by atoms with van der Waals surface area (Å²) >= 11 is 0. The number of rotatable bonds is 6. The van der Waals surface area contributed by atoms with Crippen molar-refractivity contribution in [3.05, 3.63) is 33.1 Å². The first-order chi connectivity index (χ1) is 16.2. The standard InChI is InChI=1S/C23H40N2O8Si2/c1-13(2)34(14(3)4)29-12-18-20(32-35(33-34,15(5)6)16(7)8)21(30-17(9)26)22(31-18)25-11-10-19(27)24-23(25)28/h10-11,13-16,18,20-22H,12H2,1-9H3,(H,24,27,28)/t18-,20-,21-,22-/m1/s1. The Balaban J connectivity index is 2.16. The molecule has 12 heteroatoms. The minimum absolute atomic E-state index is 0.0713. The number of hydrogen-bond donors (Lipinski definition) is 1. The number of aromatic amines is 1. The molecule has 1 N–H and O–H groups in total. The van der Waals surface area contributed by atoms with Crippen LogP contribution >= 0.6 is 0 Å². The van der Waals surface area contributed by atoms with Gasteiger partial charge < -0.3 is 22.4 Å². The van der Waals surface area contributed by atoms with Gasteiger partial charge in [-0.2, -0.15) is 0 Å². The number of fused-ring (bicyclic) bond motifs is 1. The summed E-state index contributed by atoms with van der Waals surface area (Å²) in [6, 6.07) is 1.23. The largest absolute Gasteiger partial charge is 0.455 e. The highest BCUT2D eigenvalue weighted by molar-refractivity contribution is 6.83. The molecule has 3 rings (SSSR count). The zero-order valence-electron chi connectivity index (χ0n) is 22.2. The quantitative estimate of drug-likeness (QED) is 0.441. The van der Waals surface area contributed by atoms with E-state index in [9.17, 15) is 14.4 Å². The van der Waals surface area contributed by atoms with Gasteiger partial charge in [0.2, 0.25) is 0 Å². The van der Waals surface area contributed by atoms with E-state index in [1.165, 1.54) is 23.8 Å². The lowest BCUT2D eigenvalue weighted by Crippen LogP contribution is -2.66. The van der Waals surface area contributed by atoms with E-state index in [-0.39, 0.29) is 28.8 Å². The molecule has 1 aromatic heterocycles. The zero-order chi connectivity index (χ0) is 26.3. The van der Waals surface area contributed by atoms with Crippen LogP contribution in [0.3, 0.4) is 0 Å². The third-order valence-corrected chi connectivity index (χ3v) is 17.3. The van der Waals surface area contributed by atoms with Crippen LogP contribution in [0.1, 0.15) is 68.5 Å². The number of esters is 1. The van der Waals surface area contributed by atoms with E-state index >= 15 is 0 Å². The van der Waals surface area contributed by atoms with Gasteiger partial charge in [0.05, 0.1) is 6.61 Å². The number of nitrogens with zero attached hydrogens (tertiary/aromatic N) is 1. The number of hydrogen-bond acceptors (Lipinski definition) is 8. The number of carbonyl (C=O) groups excluding carboxylic acids is 1. The average Bonchev–Trinajstić information content (AvgIpc) is 3.02. The van der Waals surface area contributed by atoms with Crippen LogP contribution in [0.25, 0.3) is 0 Å². The smallest absolute Gasteiger partial charge is 0.335 e. The highest BCUT2D eigenvalue weighted by atomic mass is 28.5. The molecular weight excluding hydrogens is 488 g/mol. The van der Waals surface area contributed by atoms with E-state index in [2.05, 4.69) is 60.4 Å². The average molecular weight is 529 g/mol. The van der Waals surface area contributed by atoms with E-state index in [0.717, 1.165) is 0 Å². The summed E-state index contributed by atoms with van der Waals surface area (Å²) < 4.78 is 34.1. The summed E-state index contributed by atoms with van der Waals surface area (Å²) in [4.78, 5) is 38.7. The number of H-pyrrole nitrogens is 1. The van der Waals surface area contributed by atoms with E-state index in [1.54, 1.807) is 0 Å². The highest BCUT2D eigenvalue weighted by Crippen LogP contribution is 2.48. The van der Waals surface area contributed by atoms with Gasteiger partial charge in [0.15, 0.2) is 12.3 Å². The molecule has 0 unspecified atom stereocenters. The normalized spacial score (nSPS) is 28.3. The number of aromatic nitrogens is 2. The molecule has 10 nitrogen and oxygen atoms in total. The van der Waals surface area contributed by atoms with Crippen molar-refractivity contribution in [2.24, 2.45) is 0 Å². The van der Waals surface area contributed by atoms with E-state index in [1.807, 2.05) is 0 Å². The first-order valence-corrected chi connectivity index (χ1v) is 16.4. The SMILES string of the molecule is CC(=O)O[C@@H]1[C@@H]2O[Si](C(C)C)(C(C)C)O[Si](C(C)C)(C(C)C)OC[C@H]2O[C@H]1n1ccc(=O)[nH]c1=O. The Labute approximate surface area is 208 Å². The number of ether oxygens (including phenoxy) is 2. The van der Waals surface area contributed by atoms with Crippen molar-refractivity contribution in [2.75, 3.05) is 6.61 Å². The van der Waals surface area contributed by atoms with Gasteiger partial charge >= 0.3 is 28.8 Å². The second-order valence-corrected chi connectivity index (χ2v) is 19.6. The van der Waals surface area contributed by atoms with Crippen LogP contribution in [-0.2, 0) is 27.2 Å². The minimum Gasteiger partial charge on any atom is -0.455 e. The molecule has 2 aliphatic rings. The van der Waals surface area contributed by atoms with Crippen molar-refractivity contribution in [3.63, 3.8) is 0 Å². The third kappa shape index (κ3) is 5.14. The number of carbonyl (C=O) groups is 1. The van der Waals surface area contributed by atoms with Crippen LogP contribution in [-0.4, -0.2) is 57.6 Å². The molecule has 198 valence electrons. The van der Waals surface area contributed by atoms with E-state index in [0.29, 0.717) is 0 Å². The molecule has 0 radical (unpaired) electrons. The first kappa shape index (κ1) is 28.0. The summed E-state index contributed by atoms with van der Waals surface area (Å²) in [7, 11) is -5.77. The Bertz CT molecular complexity index is 1010. The lowest BCUT2D eigenvalue weighted by atomic mass is 10.1. The maximum absolute atomic E-state index is 12.6. The third-order valence-electron chi connectivity index (χ3n) is 7.04. The second-order valence-electron chi connectivity index (χ2n) is 10.7. The van der Waals surface area contributed by atoms with Crippen molar-refractivity contribution in [1.29, 1.82) is 0 Å². The lowest BCUT2D eigenvalue weighted by molar-refractivity contribution is -0.155. The molecule has 0 spiro atoms.